The van der Waals surface area contributed by atoms with Crippen molar-refractivity contribution in [2.75, 3.05) is 39.4 Å². The second kappa shape index (κ2) is 8.15. The highest BCUT2D eigenvalue weighted by molar-refractivity contribution is 7.89. The lowest BCUT2D eigenvalue weighted by Crippen LogP contribution is -2.38. The zero-order chi connectivity index (χ0) is 17.6. The number of morpholine rings is 1. The van der Waals surface area contributed by atoms with E-state index in [1.54, 1.807) is 0 Å². The Balaban J connectivity index is 1.86. The van der Waals surface area contributed by atoms with E-state index in [0.29, 0.717) is 19.6 Å². The summed E-state index contributed by atoms with van der Waals surface area (Å²) in [5.41, 5.74) is 0. The van der Waals surface area contributed by atoms with E-state index >= 15 is 0 Å². The molecule has 0 unspecified atom stereocenters. The summed E-state index contributed by atoms with van der Waals surface area (Å²) in [6.45, 7) is 3.87. The zero-order valence-corrected chi connectivity index (χ0v) is 13.7. The number of benzene rings is 1. The molecule has 0 spiro atoms. The molecule has 0 saturated carbocycles. The topological polar surface area (TPSA) is 67.9 Å². The quantitative estimate of drug-likeness (QED) is 0.741. The van der Waals surface area contributed by atoms with Crippen LogP contribution in [0, 0.1) is 0 Å². The van der Waals surface area contributed by atoms with E-state index in [1.807, 2.05) is 0 Å². The Bertz CT molecular complexity index is 631. The second-order valence-corrected chi connectivity index (χ2v) is 6.99. The summed E-state index contributed by atoms with van der Waals surface area (Å²) >= 11 is 0. The fraction of sp³-hybridized carbons (Fsp3) is 0.571. The Labute approximate surface area is 138 Å². The fourth-order valence-corrected chi connectivity index (χ4v) is 3.36. The maximum Gasteiger partial charge on any atom is 0.573 e. The van der Waals surface area contributed by atoms with Crippen LogP contribution in [-0.2, 0) is 14.8 Å². The van der Waals surface area contributed by atoms with Crippen molar-refractivity contribution in [2.24, 2.45) is 0 Å². The fourth-order valence-electron chi connectivity index (χ4n) is 2.26. The maximum atomic E-state index is 12.2. The van der Waals surface area contributed by atoms with Gasteiger partial charge in [0.1, 0.15) is 5.75 Å². The van der Waals surface area contributed by atoms with Crippen molar-refractivity contribution < 1.29 is 31.1 Å². The third kappa shape index (κ3) is 6.27. The van der Waals surface area contributed by atoms with Crippen molar-refractivity contribution in [3.63, 3.8) is 0 Å². The Kier molecular flexibility index (Phi) is 6.44. The molecule has 1 aliphatic rings. The Hall–Kier alpha value is -1.36. The molecule has 1 aromatic rings. The van der Waals surface area contributed by atoms with Gasteiger partial charge in [-0.05, 0) is 25.1 Å². The van der Waals surface area contributed by atoms with Crippen LogP contribution in [0.1, 0.15) is 6.42 Å². The normalized spacial score (nSPS) is 17.0. The first kappa shape index (κ1) is 19.0. The summed E-state index contributed by atoms with van der Waals surface area (Å²) in [7, 11) is -3.88. The Morgan fingerprint density at radius 1 is 1.25 bits per heavy atom. The molecule has 1 aliphatic heterocycles. The van der Waals surface area contributed by atoms with Crippen molar-refractivity contribution in [2.45, 2.75) is 17.7 Å². The summed E-state index contributed by atoms with van der Waals surface area (Å²) in [6, 6.07) is 4.31. The van der Waals surface area contributed by atoms with E-state index in [0.717, 1.165) is 31.8 Å². The Morgan fingerprint density at radius 3 is 2.62 bits per heavy atom. The summed E-state index contributed by atoms with van der Waals surface area (Å²) < 4.78 is 72.2. The van der Waals surface area contributed by atoms with Gasteiger partial charge < -0.3 is 9.47 Å². The first-order chi connectivity index (χ1) is 11.3. The lowest BCUT2D eigenvalue weighted by Gasteiger charge is -2.26. The highest BCUT2D eigenvalue weighted by Crippen LogP contribution is 2.24. The molecular formula is C14H19F3N2O4S. The minimum absolute atomic E-state index is 0.198. The number of hydrogen-bond acceptors (Lipinski definition) is 5. The minimum Gasteiger partial charge on any atom is -0.406 e. The van der Waals surface area contributed by atoms with Crippen LogP contribution < -0.4 is 9.46 Å². The molecule has 0 radical (unpaired) electrons. The summed E-state index contributed by atoms with van der Waals surface area (Å²) in [4.78, 5) is 1.89. The number of nitrogens with one attached hydrogen (secondary N) is 1. The molecule has 0 aliphatic carbocycles. The van der Waals surface area contributed by atoms with Crippen molar-refractivity contribution in [3.8, 4) is 5.75 Å². The third-order valence-corrected chi connectivity index (χ3v) is 4.85. The predicted octanol–water partition coefficient (Wildman–Crippen LogP) is 1.59. The molecule has 1 heterocycles. The number of ether oxygens (including phenoxy) is 2. The van der Waals surface area contributed by atoms with Crippen LogP contribution in [-0.4, -0.2) is 59.1 Å². The summed E-state index contributed by atoms with van der Waals surface area (Å²) in [6.07, 6.45) is -4.27. The monoisotopic (exact) mass is 368 g/mol. The van der Waals surface area contributed by atoms with Crippen LogP contribution in [0.15, 0.2) is 29.2 Å². The lowest BCUT2D eigenvalue weighted by atomic mass is 10.3. The molecule has 10 heteroatoms. The SMILES string of the molecule is O=S(=O)(NCCCN1CCOCC1)c1cccc(OC(F)(F)F)c1. The lowest BCUT2D eigenvalue weighted by molar-refractivity contribution is -0.274. The number of sulfonamides is 1. The van der Waals surface area contributed by atoms with Gasteiger partial charge in [0.25, 0.3) is 0 Å². The number of alkyl halides is 3. The summed E-state index contributed by atoms with van der Waals surface area (Å²) in [5, 5.41) is 0. The molecule has 1 saturated heterocycles. The molecule has 2 rings (SSSR count). The standard InChI is InChI=1S/C14H19F3N2O4S/c15-14(16,17)23-12-3-1-4-13(11-12)24(20,21)18-5-2-6-19-7-9-22-10-8-19/h1,3-4,11,18H,2,5-10H2. The maximum absolute atomic E-state index is 12.2. The van der Waals surface area contributed by atoms with Gasteiger partial charge >= 0.3 is 6.36 Å². The number of halogens is 3. The van der Waals surface area contributed by atoms with Crippen molar-refractivity contribution >= 4 is 10.0 Å². The van der Waals surface area contributed by atoms with Gasteiger partial charge in [0, 0.05) is 25.7 Å². The van der Waals surface area contributed by atoms with Crippen molar-refractivity contribution in [1.29, 1.82) is 0 Å². The number of nitrogens with zero attached hydrogens (tertiary/aromatic N) is 1. The predicted molar refractivity (Wildman–Crippen MR) is 80.2 cm³/mol. The van der Waals surface area contributed by atoms with E-state index in [4.69, 9.17) is 4.74 Å². The molecule has 0 aromatic heterocycles. The molecule has 0 bridgehead atoms. The van der Waals surface area contributed by atoms with Gasteiger partial charge in [-0.15, -0.1) is 13.2 Å². The summed E-state index contributed by atoms with van der Waals surface area (Å²) in [5.74, 6) is -0.571. The molecule has 136 valence electrons. The van der Waals surface area contributed by atoms with Gasteiger partial charge in [-0.2, -0.15) is 0 Å². The largest absolute Gasteiger partial charge is 0.573 e. The van der Waals surface area contributed by atoms with Gasteiger partial charge in [-0.3, -0.25) is 4.90 Å². The van der Waals surface area contributed by atoms with Gasteiger partial charge in [-0.1, -0.05) is 6.07 Å². The van der Waals surface area contributed by atoms with Gasteiger partial charge in [-0.25, -0.2) is 13.1 Å². The minimum atomic E-state index is -4.87. The Morgan fingerprint density at radius 2 is 1.96 bits per heavy atom. The van der Waals surface area contributed by atoms with E-state index in [1.165, 1.54) is 12.1 Å². The highest BCUT2D eigenvalue weighted by Gasteiger charge is 2.31. The molecule has 0 atom stereocenters. The van der Waals surface area contributed by atoms with Gasteiger partial charge in [0.15, 0.2) is 0 Å². The number of rotatable bonds is 7. The van der Waals surface area contributed by atoms with E-state index < -0.39 is 22.1 Å². The zero-order valence-electron chi connectivity index (χ0n) is 12.9. The molecule has 6 nitrogen and oxygen atoms in total. The van der Waals surface area contributed by atoms with E-state index in [-0.39, 0.29) is 11.4 Å². The first-order valence-electron chi connectivity index (χ1n) is 7.42. The van der Waals surface area contributed by atoms with Crippen LogP contribution in [0.3, 0.4) is 0 Å². The van der Waals surface area contributed by atoms with Crippen LogP contribution in [0.25, 0.3) is 0 Å². The molecule has 1 aromatic carbocycles. The van der Waals surface area contributed by atoms with E-state index in [2.05, 4.69) is 14.4 Å². The first-order valence-corrected chi connectivity index (χ1v) is 8.90. The van der Waals surface area contributed by atoms with Crippen LogP contribution in [0.4, 0.5) is 13.2 Å². The van der Waals surface area contributed by atoms with Crippen molar-refractivity contribution in [1.82, 2.24) is 9.62 Å². The third-order valence-electron chi connectivity index (χ3n) is 3.40. The highest BCUT2D eigenvalue weighted by atomic mass is 32.2. The molecular weight excluding hydrogens is 349 g/mol. The van der Waals surface area contributed by atoms with Gasteiger partial charge in [0.2, 0.25) is 10.0 Å². The molecule has 0 amide bonds. The van der Waals surface area contributed by atoms with Crippen LogP contribution in [0.2, 0.25) is 0 Å². The molecule has 1 N–H and O–H groups in total. The van der Waals surface area contributed by atoms with Crippen LogP contribution in [0.5, 0.6) is 5.75 Å². The number of hydrogen-bond donors (Lipinski definition) is 1. The average molecular weight is 368 g/mol. The smallest absolute Gasteiger partial charge is 0.406 e. The molecule has 24 heavy (non-hydrogen) atoms. The second-order valence-electron chi connectivity index (χ2n) is 5.23. The van der Waals surface area contributed by atoms with Crippen LogP contribution >= 0.6 is 0 Å². The van der Waals surface area contributed by atoms with Crippen molar-refractivity contribution in [3.05, 3.63) is 24.3 Å². The molecule has 1 fully saturated rings. The average Bonchev–Trinajstić information content (AvgIpc) is 2.51. The van der Waals surface area contributed by atoms with E-state index in [9.17, 15) is 21.6 Å². The van der Waals surface area contributed by atoms with Gasteiger partial charge in [0.05, 0.1) is 18.1 Å².